The van der Waals surface area contributed by atoms with Crippen molar-refractivity contribution in [2.75, 3.05) is 30.4 Å². The molecule has 6 nitrogen and oxygen atoms in total. The minimum absolute atomic E-state index is 0.0702. The van der Waals surface area contributed by atoms with E-state index in [1.165, 1.54) is 0 Å². The van der Waals surface area contributed by atoms with Gasteiger partial charge >= 0.3 is 0 Å². The highest BCUT2D eigenvalue weighted by molar-refractivity contribution is 6.02. The Morgan fingerprint density at radius 3 is 2.64 bits per heavy atom. The predicted molar refractivity (Wildman–Crippen MR) is 131 cm³/mol. The third-order valence-corrected chi connectivity index (χ3v) is 6.32. The highest BCUT2D eigenvalue weighted by Crippen LogP contribution is 2.49. The quantitative estimate of drug-likeness (QED) is 0.663. The molecule has 1 aliphatic heterocycles. The number of ether oxygens (including phenoxy) is 1. The number of benzene rings is 2. The Morgan fingerprint density at radius 1 is 1.15 bits per heavy atom. The van der Waals surface area contributed by atoms with Gasteiger partial charge in [-0.05, 0) is 36.5 Å². The van der Waals surface area contributed by atoms with E-state index in [9.17, 15) is 9.59 Å². The van der Waals surface area contributed by atoms with Crippen molar-refractivity contribution in [3.05, 3.63) is 65.4 Å². The summed E-state index contributed by atoms with van der Waals surface area (Å²) >= 11 is 0. The lowest BCUT2D eigenvalue weighted by atomic mass is 9.73. The summed E-state index contributed by atoms with van der Waals surface area (Å²) < 4.78 is 5.72. The van der Waals surface area contributed by atoms with Gasteiger partial charge in [0.05, 0.1) is 31.1 Å². The normalized spacial score (nSPS) is 19.2. The van der Waals surface area contributed by atoms with E-state index in [1.54, 1.807) is 7.11 Å². The molecule has 1 heterocycles. The lowest BCUT2D eigenvalue weighted by Crippen LogP contribution is -2.42. The maximum atomic E-state index is 13.7. The summed E-state index contributed by atoms with van der Waals surface area (Å²) in [4.78, 5) is 28.7. The number of para-hydroxylation sites is 3. The molecular weight excluding hydrogens is 414 g/mol. The standard InChI is InChI=1S/C27H33N3O3/c1-5-14-28-24(32)17-30-21-12-8-7-11-19(21)29-20-15-27(2,3)16-22(31)25(20)26(30)18-10-6-9-13-23(18)33-4/h6-13,26,29H,5,14-17H2,1-4H3,(H,28,32)/t26-/m1/s1. The van der Waals surface area contributed by atoms with Crippen molar-refractivity contribution in [3.8, 4) is 5.75 Å². The summed E-state index contributed by atoms with van der Waals surface area (Å²) in [7, 11) is 1.64. The molecule has 0 radical (unpaired) electrons. The number of methoxy groups -OCH3 is 1. The van der Waals surface area contributed by atoms with Gasteiger partial charge in [0.1, 0.15) is 5.75 Å². The molecule has 0 saturated heterocycles. The fraction of sp³-hybridized carbons (Fsp3) is 0.407. The number of nitrogens with one attached hydrogen (secondary N) is 2. The minimum Gasteiger partial charge on any atom is -0.496 e. The average molecular weight is 448 g/mol. The number of hydrogen-bond acceptors (Lipinski definition) is 5. The molecule has 2 aromatic carbocycles. The number of nitrogens with zero attached hydrogens (tertiary/aromatic N) is 1. The van der Waals surface area contributed by atoms with Gasteiger partial charge in [0.15, 0.2) is 5.78 Å². The number of fused-ring (bicyclic) bond motifs is 1. The van der Waals surface area contributed by atoms with Gasteiger partial charge in [0.2, 0.25) is 5.91 Å². The van der Waals surface area contributed by atoms with Crippen molar-refractivity contribution < 1.29 is 14.3 Å². The second-order valence-corrected chi connectivity index (χ2v) is 9.60. The molecule has 0 fully saturated rings. The first-order valence-corrected chi connectivity index (χ1v) is 11.6. The number of carbonyl (C=O) groups is 2. The molecule has 174 valence electrons. The molecule has 2 N–H and O–H groups in total. The van der Waals surface area contributed by atoms with E-state index in [-0.39, 0.29) is 23.7 Å². The summed E-state index contributed by atoms with van der Waals surface area (Å²) in [6, 6.07) is 15.3. The highest BCUT2D eigenvalue weighted by atomic mass is 16.5. The summed E-state index contributed by atoms with van der Waals surface area (Å²) in [6.45, 7) is 7.03. The molecule has 2 aliphatic rings. The van der Waals surface area contributed by atoms with Crippen LogP contribution in [0.4, 0.5) is 11.4 Å². The number of rotatable bonds is 6. The monoisotopic (exact) mass is 447 g/mol. The highest BCUT2D eigenvalue weighted by Gasteiger charge is 2.42. The van der Waals surface area contributed by atoms with Crippen LogP contribution in [0.2, 0.25) is 0 Å². The van der Waals surface area contributed by atoms with Gasteiger partial charge in [0, 0.05) is 29.8 Å². The summed E-state index contributed by atoms with van der Waals surface area (Å²) in [5.41, 5.74) is 4.17. The molecule has 33 heavy (non-hydrogen) atoms. The number of amides is 1. The fourth-order valence-corrected chi connectivity index (χ4v) is 4.92. The number of ketones is 1. The van der Waals surface area contributed by atoms with Crippen molar-refractivity contribution in [3.63, 3.8) is 0 Å². The molecule has 4 rings (SSSR count). The Bertz CT molecular complexity index is 1090. The van der Waals surface area contributed by atoms with Crippen LogP contribution in [0.15, 0.2) is 59.8 Å². The van der Waals surface area contributed by atoms with Crippen LogP contribution in [-0.2, 0) is 9.59 Å². The SMILES string of the molecule is CCCNC(=O)CN1c2ccccc2NC2=C(C(=O)CC(C)(C)C2)[C@H]1c1ccccc1OC. The van der Waals surface area contributed by atoms with Crippen LogP contribution in [0.3, 0.4) is 0 Å². The third kappa shape index (κ3) is 4.61. The molecule has 1 aliphatic carbocycles. The van der Waals surface area contributed by atoms with Gasteiger partial charge in [-0.1, -0.05) is 51.1 Å². The first-order chi connectivity index (χ1) is 15.8. The van der Waals surface area contributed by atoms with Crippen molar-refractivity contribution in [1.82, 2.24) is 5.32 Å². The van der Waals surface area contributed by atoms with Gasteiger partial charge in [-0.15, -0.1) is 0 Å². The smallest absolute Gasteiger partial charge is 0.239 e. The first-order valence-electron chi connectivity index (χ1n) is 11.6. The molecule has 2 aromatic rings. The van der Waals surface area contributed by atoms with Crippen LogP contribution in [0.5, 0.6) is 5.75 Å². The lowest BCUT2D eigenvalue weighted by molar-refractivity contribution is -0.120. The van der Waals surface area contributed by atoms with Crippen LogP contribution in [-0.4, -0.2) is 31.9 Å². The van der Waals surface area contributed by atoms with E-state index < -0.39 is 6.04 Å². The lowest BCUT2D eigenvalue weighted by Gasteiger charge is -2.38. The van der Waals surface area contributed by atoms with E-state index >= 15 is 0 Å². The Hall–Kier alpha value is -3.28. The Morgan fingerprint density at radius 2 is 1.88 bits per heavy atom. The first kappa shape index (κ1) is 22.9. The van der Waals surface area contributed by atoms with Gasteiger partial charge in [-0.25, -0.2) is 0 Å². The number of carbonyl (C=O) groups excluding carboxylic acids is 2. The Labute approximate surface area is 196 Å². The summed E-state index contributed by atoms with van der Waals surface area (Å²) in [6.07, 6.45) is 2.08. The molecule has 1 atom stereocenters. The summed E-state index contributed by atoms with van der Waals surface area (Å²) in [5, 5.41) is 6.57. The Balaban J connectivity index is 1.94. The van der Waals surface area contributed by atoms with E-state index in [0.29, 0.717) is 18.7 Å². The van der Waals surface area contributed by atoms with E-state index in [1.807, 2.05) is 60.4 Å². The number of hydrogen-bond donors (Lipinski definition) is 2. The van der Waals surface area contributed by atoms with Gasteiger partial charge in [-0.3, -0.25) is 9.59 Å². The second-order valence-electron chi connectivity index (χ2n) is 9.60. The largest absolute Gasteiger partial charge is 0.496 e. The van der Waals surface area contributed by atoms with Crippen molar-refractivity contribution >= 4 is 23.1 Å². The average Bonchev–Trinajstić information content (AvgIpc) is 2.91. The molecule has 6 heteroatoms. The van der Waals surface area contributed by atoms with E-state index in [4.69, 9.17) is 4.74 Å². The molecule has 0 unspecified atom stereocenters. The summed E-state index contributed by atoms with van der Waals surface area (Å²) in [5.74, 6) is 0.737. The maximum absolute atomic E-state index is 13.7. The number of allylic oxidation sites excluding steroid dienone is 1. The zero-order chi connectivity index (χ0) is 23.6. The molecule has 0 saturated carbocycles. The van der Waals surface area contributed by atoms with Crippen LogP contribution in [0.25, 0.3) is 0 Å². The Kier molecular flexibility index (Phi) is 6.45. The predicted octanol–water partition coefficient (Wildman–Crippen LogP) is 4.84. The topological polar surface area (TPSA) is 70.7 Å². The number of anilines is 2. The van der Waals surface area contributed by atoms with Crippen molar-refractivity contribution in [2.24, 2.45) is 5.41 Å². The molecule has 0 aromatic heterocycles. The van der Waals surface area contributed by atoms with Crippen molar-refractivity contribution in [2.45, 2.75) is 46.1 Å². The second kappa shape index (κ2) is 9.30. The van der Waals surface area contributed by atoms with Crippen LogP contribution < -0.4 is 20.3 Å². The van der Waals surface area contributed by atoms with Crippen LogP contribution >= 0.6 is 0 Å². The van der Waals surface area contributed by atoms with Crippen molar-refractivity contribution in [1.29, 1.82) is 0 Å². The van der Waals surface area contributed by atoms with Gasteiger partial charge < -0.3 is 20.3 Å². The zero-order valence-electron chi connectivity index (χ0n) is 19.9. The van der Waals surface area contributed by atoms with Crippen LogP contribution in [0, 0.1) is 5.41 Å². The fourth-order valence-electron chi connectivity index (χ4n) is 4.92. The molecule has 1 amide bonds. The van der Waals surface area contributed by atoms with Gasteiger partial charge in [0.25, 0.3) is 0 Å². The maximum Gasteiger partial charge on any atom is 0.239 e. The van der Waals surface area contributed by atoms with E-state index in [0.717, 1.165) is 41.1 Å². The van der Waals surface area contributed by atoms with Crippen LogP contribution in [0.1, 0.15) is 51.6 Å². The number of Topliss-reactive ketones (excluding diaryl/α,β-unsaturated/α-hetero) is 1. The third-order valence-electron chi connectivity index (χ3n) is 6.32. The van der Waals surface area contributed by atoms with Gasteiger partial charge in [-0.2, -0.15) is 0 Å². The molecule has 0 spiro atoms. The van der Waals surface area contributed by atoms with E-state index in [2.05, 4.69) is 24.5 Å². The molecule has 0 bridgehead atoms. The molecular formula is C27H33N3O3. The zero-order valence-corrected chi connectivity index (χ0v) is 19.9. The minimum atomic E-state index is -0.441.